The predicted molar refractivity (Wildman–Crippen MR) is 75.7 cm³/mol. The Morgan fingerprint density at radius 3 is 2.89 bits per heavy atom. The molecule has 0 spiro atoms. The number of nitrogens with one attached hydrogen (secondary N) is 2. The summed E-state index contributed by atoms with van der Waals surface area (Å²) in [4.78, 5) is 7.57. The van der Waals surface area contributed by atoms with Crippen molar-refractivity contribution in [2.24, 2.45) is 5.41 Å². The van der Waals surface area contributed by atoms with E-state index in [0.717, 1.165) is 23.5 Å². The Balaban J connectivity index is 1.71. The van der Waals surface area contributed by atoms with Gasteiger partial charge in [0.15, 0.2) is 0 Å². The Labute approximate surface area is 112 Å². The van der Waals surface area contributed by atoms with Gasteiger partial charge in [-0.25, -0.2) is 9.37 Å². The van der Waals surface area contributed by atoms with E-state index >= 15 is 0 Å². The number of aromatic amines is 1. The fourth-order valence-corrected chi connectivity index (χ4v) is 2.94. The first kappa shape index (κ1) is 12.5. The van der Waals surface area contributed by atoms with Crippen LogP contribution in [0.25, 0.3) is 11.0 Å². The molecular formula is C15H20FN3. The third-order valence-corrected chi connectivity index (χ3v) is 4.19. The van der Waals surface area contributed by atoms with Crippen LogP contribution in [0.3, 0.4) is 0 Å². The largest absolute Gasteiger partial charge is 0.355 e. The molecule has 4 heteroatoms. The number of anilines is 1. The van der Waals surface area contributed by atoms with Gasteiger partial charge in [-0.15, -0.1) is 0 Å². The minimum absolute atomic E-state index is 0.234. The number of hydrogen-bond acceptors (Lipinski definition) is 2. The quantitative estimate of drug-likeness (QED) is 0.873. The number of aromatic nitrogens is 2. The third kappa shape index (κ3) is 2.72. The Morgan fingerprint density at radius 1 is 1.32 bits per heavy atom. The molecule has 1 fully saturated rings. The highest BCUT2D eigenvalue weighted by Gasteiger charge is 2.26. The summed E-state index contributed by atoms with van der Waals surface area (Å²) in [7, 11) is 0. The summed E-state index contributed by atoms with van der Waals surface area (Å²) in [6, 6.07) is 4.62. The lowest BCUT2D eigenvalue weighted by Crippen LogP contribution is -2.29. The number of H-pyrrole nitrogens is 1. The maximum Gasteiger partial charge on any atom is 0.201 e. The number of halogens is 1. The lowest BCUT2D eigenvalue weighted by Gasteiger charge is -2.33. The zero-order valence-corrected chi connectivity index (χ0v) is 11.3. The van der Waals surface area contributed by atoms with Crippen LogP contribution in [0.5, 0.6) is 0 Å². The van der Waals surface area contributed by atoms with Crippen LogP contribution in [0, 0.1) is 11.2 Å². The summed E-state index contributed by atoms with van der Waals surface area (Å²) in [6.07, 6.45) is 6.55. The van der Waals surface area contributed by atoms with Crippen molar-refractivity contribution in [2.75, 3.05) is 11.9 Å². The van der Waals surface area contributed by atoms with Crippen LogP contribution < -0.4 is 5.32 Å². The topological polar surface area (TPSA) is 40.7 Å². The standard InChI is InChI=1S/C15H20FN3/c1-15(7-3-2-4-8-15)10-17-14-18-12-6-5-11(16)9-13(12)19-14/h5-6,9H,2-4,7-8,10H2,1H3,(H2,17,18,19). The maximum atomic E-state index is 13.1. The lowest BCUT2D eigenvalue weighted by molar-refractivity contribution is 0.233. The van der Waals surface area contributed by atoms with E-state index in [1.54, 1.807) is 6.07 Å². The molecule has 0 bridgehead atoms. The molecule has 0 amide bonds. The molecule has 1 heterocycles. The molecule has 3 rings (SSSR count). The van der Waals surface area contributed by atoms with Crippen molar-refractivity contribution < 1.29 is 4.39 Å². The highest BCUT2D eigenvalue weighted by Crippen LogP contribution is 2.35. The molecule has 1 aromatic carbocycles. The zero-order valence-electron chi connectivity index (χ0n) is 11.3. The molecule has 102 valence electrons. The van der Waals surface area contributed by atoms with Gasteiger partial charge in [0, 0.05) is 6.54 Å². The number of imidazole rings is 1. The molecule has 1 aliphatic rings. The van der Waals surface area contributed by atoms with E-state index in [0.29, 0.717) is 5.41 Å². The van der Waals surface area contributed by atoms with Gasteiger partial charge in [-0.3, -0.25) is 0 Å². The first-order chi connectivity index (χ1) is 9.15. The smallest absolute Gasteiger partial charge is 0.201 e. The van der Waals surface area contributed by atoms with E-state index < -0.39 is 0 Å². The molecule has 3 nitrogen and oxygen atoms in total. The van der Waals surface area contributed by atoms with Gasteiger partial charge in [0.2, 0.25) is 5.95 Å². The predicted octanol–water partition coefficient (Wildman–Crippen LogP) is 4.08. The zero-order chi connectivity index (χ0) is 13.3. The number of fused-ring (bicyclic) bond motifs is 1. The van der Waals surface area contributed by atoms with Crippen LogP contribution in [0.4, 0.5) is 10.3 Å². The van der Waals surface area contributed by atoms with Crippen molar-refractivity contribution in [3.05, 3.63) is 24.0 Å². The average Bonchev–Trinajstić information content (AvgIpc) is 2.79. The van der Waals surface area contributed by atoms with Crippen molar-refractivity contribution in [1.29, 1.82) is 0 Å². The molecule has 2 aromatic rings. The third-order valence-electron chi connectivity index (χ3n) is 4.19. The van der Waals surface area contributed by atoms with E-state index in [9.17, 15) is 4.39 Å². The molecule has 1 aliphatic carbocycles. The number of hydrogen-bond donors (Lipinski definition) is 2. The minimum atomic E-state index is -0.234. The highest BCUT2D eigenvalue weighted by atomic mass is 19.1. The molecule has 1 aromatic heterocycles. The summed E-state index contributed by atoms with van der Waals surface area (Å²) in [6.45, 7) is 3.26. The molecular weight excluding hydrogens is 241 g/mol. The second-order valence-corrected chi connectivity index (χ2v) is 5.97. The van der Waals surface area contributed by atoms with Crippen molar-refractivity contribution in [3.63, 3.8) is 0 Å². The monoisotopic (exact) mass is 261 g/mol. The summed E-state index contributed by atoms with van der Waals surface area (Å²) in [5.41, 5.74) is 1.91. The van der Waals surface area contributed by atoms with Gasteiger partial charge < -0.3 is 10.3 Å². The van der Waals surface area contributed by atoms with E-state index in [2.05, 4.69) is 22.2 Å². The van der Waals surface area contributed by atoms with E-state index in [1.165, 1.54) is 44.2 Å². The van der Waals surface area contributed by atoms with Gasteiger partial charge >= 0.3 is 0 Å². The maximum absolute atomic E-state index is 13.1. The minimum Gasteiger partial charge on any atom is -0.355 e. The van der Waals surface area contributed by atoms with Crippen molar-refractivity contribution in [2.45, 2.75) is 39.0 Å². The Bertz CT molecular complexity index is 570. The summed E-state index contributed by atoms with van der Waals surface area (Å²) >= 11 is 0. The highest BCUT2D eigenvalue weighted by molar-refractivity contribution is 5.77. The van der Waals surface area contributed by atoms with E-state index in [4.69, 9.17) is 0 Å². The van der Waals surface area contributed by atoms with Crippen LogP contribution in [-0.2, 0) is 0 Å². The van der Waals surface area contributed by atoms with E-state index in [1.807, 2.05) is 0 Å². The molecule has 2 N–H and O–H groups in total. The Morgan fingerprint density at radius 2 is 2.11 bits per heavy atom. The Hall–Kier alpha value is -1.58. The molecule has 0 aliphatic heterocycles. The summed E-state index contributed by atoms with van der Waals surface area (Å²) in [5, 5.41) is 3.37. The SMILES string of the molecule is CC1(CNc2nc3ccc(F)cc3[nH]2)CCCCC1. The molecule has 19 heavy (non-hydrogen) atoms. The number of rotatable bonds is 3. The fourth-order valence-electron chi connectivity index (χ4n) is 2.94. The first-order valence-corrected chi connectivity index (χ1v) is 7.04. The Kier molecular flexibility index (Phi) is 3.17. The van der Waals surface area contributed by atoms with Crippen molar-refractivity contribution >= 4 is 17.0 Å². The van der Waals surface area contributed by atoms with Crippen molar-refractivity contribution in [1.82, 2.24) is 9.97 Å². The number of nitrogens with zero attached hydrogens (tertiary/aromatic N) is 1. The molecule has 1 saturated carbocycles. The van der Waals surface area contributed by atoms with Gasteiger partial charge in [-0.2, -0.15) is 0 Å². The molecule has 0 unspecified atom stereocenters. The average molecular weight is 261 g/mol. The molecule has 0 radical (unpaired) electrons. The van der Waals surface area contributed by atoms with Crippen LogP contribution in [0.1, 0.15) is 39.0 Å². The van der Waals surface area contributed by atoms with Gasteiger partial charge in [-0.05, 0) is 36.5 Å². The first-order valence-electron chi connectivity index (χ1n) is 7.04. The second kappa shape index (κ2) is 4.83. The second-order valence-electron chi connectivity index (χ2n) is 5.97. The number of benzene rings is 1. The molecule has 0 saturated heterocycles. The van der Waals surface area contributed by atoms with Crippen LogP contribution >= 0.6 is 0 Å². The molecule has 0 atom stereocenters. The summed E-state index contributed by atoms with van der Waals surface area (Å²) in [5.74, 6) is 0.509. The summed E-state index contributed by atoms with van der Waals surface area (Å²) < 4.78 is 13.1. The van der Waals surface area contributed by atoms with E-state index in [-0.39, 0.29) is 5.82 Å². The van der Waals surface area contributed by atoms with Gasteiger partial charge in [0.1, 0.15) is 5.82 Å². The normalized spacial score (nSPS) is 18.6. The van der Waals surface area contributed by atoms with Crippen LogP contribution in [-0.4, -0.2) is 16.5 Å². The van der Waals surface area contributed by atoms with Crippen LogP contribution in [0.15, 0.2) is 18.2 Å². The fraction of sp³-hybridized carbons (Fsp3) is 0.533. The van der Waals surface area contributed by atoms with Gasteiger partial charge in [0.05, 0.1) is 11.0 Å². The van der Waals surface area contributed by atoms with Gasteiger partial charge in [-0.1, -0.05) is 26.2 Å². The van der Waals surface area contributed by atoms with Crippen LogP contribution in [0.2, 0.25) is 0 Å². The van der Waals surface area contributed by atoms with Gasteiger partial charge in [0.25, 0.3) is 0 Å². The van der Waals surface area contributed by atoms with Crippen molar-refractivity contribution in [3.8, 4) is 0 Å². The lowest BCUT2D eigenvalue weighted by atomic mass is 9.76.